The van der Waals surface area contributed by atoms with Crippen LogP contribution in [-0.2, 0) is 9.59 Å². The number of fused-ring (bicyclic) bond motifs is 1. The molecule has 158 valence electrons. The second-order valence-corrected chi connectivity index (χ2v) is 8.84. The highest BCUT2D eigenvalue weighted by Gasteiger charge is 2.37. The van der Waals surface area contributed by atoms with Gasteiger partial charge < -0.3 is 19.7 Å². The molecule has 2 aliphatic heterocycles. The summed E-state index contributed by atoms with van der Waals surface area (Å²) in [5.74, 6) is 1.07. The maximum absolute atomic E-state index is 13.1. The molecule has 1 saturated heterocycles. The second-order valence-electron chi connectivity index (χ2n) is 7.99. The minimum Gasteiger partial charge on any atom is -0.486 e. The number of hydrogen-bond acceptors (Lipinski definition) is 4. The van der Waals surface area contributed by atoms with Crippen molar-refractivity contribution in [3.63, 3.8) is 0 Å². The van der Waals surface area contributed by atoms with Gasteiger partial charge in [0.25, 0.3) is 0 Å². The molecule has 1 N–H and O–H groups in total. The van der Waals surface area contributed by atoms with Gasteiger partial charge in [-0.15, -0.1) is 0 Å². The summed E-state index contributed by atoms with van der Waals surface area (Å²) in [5, 5.41) is 3.16. The number of ether oxygens (including phenoxy) is 2. The van der Waals surface area contributed by atoms with Crippen LogP contribution < -0.4 is 19.7 Å². The summed E-state index contributed by atoms with van der Waals surface area (Å²) in [6.07, 6.45) is 0.207. The smallest absolute Gasteiger partial charge is 0.227 e. The Bertz CT molecular complexity index is 962. The van der Waals surface area contributed by atoms with Gasteiger partial charge in [-0.1, -0.05) is 32.0 Å². The fraction of sp³-hybridized carbons (Fsp3) is 0.391. The molecule has 0 aromatic heterocycles. The van der Waals surface area contributed by atoms with Gasteiger partial charge in [-0.25, -0.2) is 0 Å². The van der Waals surface area contributed by atoms with E-state index in [1.807, 2.05) is 42.5 Å². The van der Waals surface area contributed by atoms with E-state index in [0.717, 1.165) is 21.5 Å². The van der Waals surface area contributed by atoms with E-state index in [0.29, 0.717) is 25.5 Å². The van der Waals surface area contributed by atoms with Crippen LogP contribution in [0.3, 0.4) is 0 Å². The van der Waals surface area contributed by atoms with Crippen LogP contribution in [0.1, 0.15) is 31.9 Å². The van der Waals surface area contributed by atoms with Crippen molar-refractivity contribution < 1.29 is 19.1 Å². The van der Waals surface area contributed by atoms with E-state index in [4.69, 9.17) is 9.47 Å². The predicted octanol–water partition coefficient (Wildman–Crippen LogP) is 4.09. The SMILES string of the molecule is CC(C)C(NC(=O)C1CC(=O)N(c2ccccc2Br)C1)c1ccc2c(c1)OCCO2. The molecule has 2 atom stereocenters. The van der Waals surface area contributed by atoms with Gasteiger partial charge in [-0.05, 0) is 51.7 Å². The Morgan fingerprint density at radius 1 is 1.13 bits per heavy atom. The average molecular weight is 473 g/mol. The lowest BCUT2D eigenvalue weighted by Gasteiger charge is -2.26. The standard InChI is InChI=1S/C23H25BrN2O4/c1-14(2)22(15-7-8-19-20(11-15)30-10-9-29-19)25-23(28)16-12-21(27)26(13-16)18-6-4-3-5-17(18)24/h3-8,11,14,16,22H,9-10,12-13H2,1-2H3,(H,25,28). The normalized spacial score (nSPS) is 19.1. The summed E-state index contributed by atoms with van der Waals surface area (Å²) in [6, 6.07) is 13.2. The lowest BCUT2D eigenvalue weighted by Crippen LogP contribution is -2.37. The van der Waals surface area contributed by atoms with Crippen LogP contribution in [0.2, 0.25) is 0 Å². The number of halogens is 1. The summed E-state index contributed by atoms with van der Waals surface area (Å²) < 4.78 is 12.1. The quantitative estimate of drug-likeness (QED) is 0.711. The Morgan fingerprint density at radius 2 is 1.87 bits per heavy atom. The molecule has 0 saturated carbocycles. The van der Waals surface area contributed by atoms with Crippen LogP contribution in [0.4, 0.5) is 5.69 Å². The van der Waals surface area contributed by atoms with Crippen molar-refractivity contribution in [2.75, 3.05) is 24.7 Å². The summed E-state index contributed by atoms with van der Waals surface area (Å²) in [6.45, 7) is 5.56. The Hall–Kier alpha value is -2.54. The van der Waals surface area contributed by atoms with Crippen molar-refractivity contribution in [3.05, 3.63) is 52.5 Å². The van der Waals surface area contributed by atoms with E-state index in [1.165, 1.54) is 0 Å². The van der Waals surface area contributed by atoms with Gasteiger partial charge in [-0.3, -0.25) is 9.59 Å². The minimum absolute atomic E-state index is 0.0394. The maximum atomic E-state index is 13.1. The van der Waals surface area contributed by atoms with E-state index >= 15 is 0 Å². The summed E-state index contributed by atoms with van der Waals surface area (Å²) in [5.41, 5.74) is 1.76. The lowest BCUT2D eigenvalue weighted by atomic mass is 9.94. The highest BCUT2D eigenvalue weighted by atomic mass is 79.9. The third-order valence-corrected chi connectivity index (χ3v) is 6.20. The number of benzene rings is 2. The molecule has 2 unspecified atom stereocenters. The van der Waals surface area contributed by atoms with Crippen molar-refractivity contribution in [2.24, 2.45) is 11.8 Å². The van der Waals surface area contributed by atoms with E-state index in [1.54, 1.807) is 4.90 Å². The van der Waals surface area contributed by atoms with Crippen LogP contribution >= 0.6 is 15.9 Å². The van der Waals surface area contributed by atoms with E-state index in [9.17, 15) is 9.59 Å². The number of carbonyl (C=O) groups is 2. The molecule has 2 heterocycles. The van der Waals surface area contributed by atoms with Gasteiger partial charge in [0, 0.05) is 17.4 Å². The number of nitrogens with one attached hydrogen (secondary N) is 1. The number of carbonyl (C=O) groups excluding carboxylic acids is 2. The molecular weight excluding hydrogens is 448 g/mol. The predicted molar refractivity (Wildman–Crippen MR) is 118 cm³/mol. The molecule has 7 heteroatoms. The molecule has 4 rings (SSSR count). The molecule has 2 aromatic carbocycles. The molecule has 1 fully saturated rings. The monoisotopic (exact) mass is 472 g/mol. The van der Waals surface area contributed by atoms with Crippen LogP contribution in [0.5, 0.6) is 11.5 Å². The molecule has 30 heavy (non-hydrogen) atoms. The number of hydrogen-bond donors (Lipinski definition) is 1. The molecule has 0 aliphatic carbocycles. The van der Waals surface area contributed by atoms with Gasteiger partial charge in [0.1, 0.15) is 13.2 Å². The fourth-order valence-corrected chi connectivity index (χ4v) is 4.44. The van der Waals surface area contributed by atoms with Gasteiger partial charge >= 0.3 is 0 Å². The average Bonchev–Trinajstić information content (AvgIpc) is 3.13. The first-order chi connectivity index (χ1) is 14.4. The third kappa shape index (κ3) is 4.17. The number of anilines is 1. The summed E-state index contributed by atoms with van der Waals surface area (Å²) in [4.78, 5) is 27.3. The molecular formula is C23H25BrN2O4. The van der Waals surface area contributed by atoms with Gasteiger partial charge in [0.15, 0.2) is 11.5 Å². The molecule has 2 aromatic rings. The van der Waals surface area contributed by atoms with Gasteiger partial charge in [0.2, 0.25) is 11.8 Å². The minimum atomic E-state index is -0.386. The molecule has 6 nitrogen and oxygen atoms in total. The van der Waals surface area contributed by atoms with Crippen molar-refractivity contribution >= 4 is 33.4 Å². The second kappa shape index (κ2) is 8.68. The molecule has 0 bridgehead atoms. The topological polar surface area (TPSA) is 67.9 Å². The highest BCUT2D eigenvalue weighted by molar-refractivity contribution is 9.10. The van der Waals surface area contributed by atoms with E-state index in [2.05, 4.69) is 35.1 Å². The molecule has 2 aliphatic rings. The zero-order valence-corrected chi connectivity index (χ0v) is 18.6. The van der Waals surface area contributed by atoms with E-state index < -0.39 is 0 Å². The zero-order chi connectivity index (χ0) is 21.3. The van der Waals surface area contributed by atoms with Crippen molar-refractivity contribution in [3.8, 4) is 11.5 Å². The number of amides is 2. The van der Waals surface area contributed by atoms with Crippen molar-refractivity contribution in [1.82, 2.24) is 5.32 Å². The Balaban J connectivity index is 1.49. The maximum Gasteiger partial charge on any atom is 0.227 e. The first-order valence-corrected chi connectivity index (χ1v) is 11.0. The highest BCUT2D eigenvalue weighted by Crippen LogP contribution is 2.35. The zero-order valence-electron chi connectivity index (χ0n) is 17.1. The third-order valence-electron chi connectivity index (χ3n) is 5.53. The van der Waals surface area contributed by atoms with Gasteiger partial charge in [0.05, 0.1) is 17.6 Å². The number of nitrogens with zero attached hydrogens (tertiary/aromatic N) is 1. The first kappa shape index (κ1) is 20.7. The van der Waals surface area contributed by atoms with E-state index in [-0.39, 0.29) is 36.1 Å². The molecule has 0 radical (unpaired) electrons. The summed E-state index contributed by atoms with van der Waals surface area (Å²) >= 11 is 3.49. The Morgan fingerprint density at radius 3 is 2.60 bits per heavy atom. The van der Waals surface area contributed by atoms with Crippen LogP contribution in [0.15, 0.2) is 46.9 Å². The number of para-hydroxylation sites is 1. The van der Waals surface area contributed by atoms with Crippen LogP contribution in [0.25, 0.3) is 0 Å². The van der Waals surface area contributed by atoms with Crippen LogP contribution in [0, 0.1) is 11.8 Å². The Labute approximate surface area is 184 Å². The largest absolute Gasteiger partial charge is 0.486 e. The molecule has 2 amide bonds. The first-order valence-electron chi connectivity index (χ1n) is 10.2. The van der Waals surface area contributed by atoms with Crippen LogP contribution in [-0.4, -0.2) is 31.6 Å². The summed E-state index contributed by atoms with van der Waals surface area (Å²) in [7, 11) is 0. The van der Waals surface area contributed by atoms with Crippen molar-refractivity contribution in [1.29, 1.82) is 0 Å². The van der Waals surface area contributed by atoms with Gasteiger partial charge in [-0.2, -0.15) is 0 Å². The number of rotatable bonds is 5. The fourth-order valence-electron chi connectivity index (χ4n) is 3.95. The molecule has 0 spiro atoms. The van der Waals surface area contributed by atoms with Crippen molar-refractivity contribution in [2.45, 2.75) is 26.3 Å². The lowest BCUT2D eigenvalue weighted by molar-refractivity contribution is -0.127. The Kier molecular flexibility index (Phi) is 5.99.